The molecule has 1 aliphatic heterocycles. The maximum atomic E-state index is 12.5. The minimum atomic E-state index is -4.32. The van der Waals surface area contributed by atoms with Crippen LogP contribution in [-0.4, -0.2) is 23.4 Å². The van der Waals surface area contributed by atoms with Crippen LogP contribution in [0.25, 0.3) is 0 Å². The van der Waals surface area contributed by atoms with Crippen LogP contribution in [0.1, 0.15) is 37.8 Å². The number of rotatable bonds is 3. The molecule has 5 heteroatoms. The monoisotopic (exact) mass is 302 g/mol. The van der Waals surface area contributed by atoms with Crippen LogP contribution < -0.4 is 0 Å². The molecule has 2 rings (SSSR count). The van der Waals surface area contributed by atoms with Gasteiger partial charge >= 0.3 is 6.18 Å². The molecule has 1 N–H and O–H groups in total. The number of ether oxygens (including phenoxy) is 1. The van der Waals surface area contributed by atoms with Crippen LogP contribution in [0.5, 0.6) is 0 Å². The van der Waals surface area contributed by atoms with Crippen molar-refractivity contribution >= 4 is 0 Å². The Kier molecular flexibility index (Phi) is 4.63. The predicted octanol–water partition coefficient (Wildman–Crippen LogP) is 3.81. The minimum absolute atomic E-state index is 0.00167. The number of aliphatic hydroxyl groups is 1. The minimum Gasteiger partial charge on any atom is -0.389 e. The van der Waals surface area contributed by atoms with E-state index in [1.807, 2.05) is 13.8 Å². The van der Waals surface area contributed by atoms with Gasteiger partial charge in [-0.1, -0.05) is 26.0 Å². The van der Waals surface area contributed by atoms with Gasteiger partial charge in [0.05, 0.1) is 17.3 Å². The summed E-state index contributed by atoms with van der Waals surface area (Å²) in [5, 5.41) is 10.7. The SMILES string of the molecule is CC(C)C1CC(O)(Cc2ccc(C(F)(F)F)cc2)CCO1. The Morgan fingerprint density at radius 3 is 2.43 bits per heavy atom. The number of benzene rings is 1. The van der Waals surface area contributed by atoms with E-state index in [4.69, 9.17) is 4.74 Å². The lowest BCUT2D eigenvalue weighted by molar-refractivity contribution is -0.137. The molecule has 0 radical (unpaired) electrons. The van der Waals surface area contributed by atoms with Gasteiger partial charge < -0.3 is 9.84 Å². The van der Waals surface area contributed by atoms with Crippen LogP contribution in [-0.2, 0) is 17.3 Å². The first kappa shape index (κ1) is 16.3. The highest BCUT2D eigenvalue weighted by atomic mass is 19.4. The number of halogens is 3. The smallest absolute Gasteiger partial charge is 0.389 e. The quantitative estimate of drug-likeness (QED) is 0.920. The van der Waals surface area contributed by atoms with Crippen LogP contribution >= 0.6 is 0 Å². The van der Waals surface area contributed by atoms with Gasteiger partial charge in [-0.25, -0.2) is 0 Å². The van der Waals surface area contributed by atoms with Gasteiger partial charge in [0.25, 0.3) is 0 Å². The van der Waals surface area contributed by atoms with Crippen molar-refractivity contribution in [1.29, 1.82) is 0 Å². The van der Waals surface area contributed by atoms with Gasteiger partial charge in [0.15, 0.2) is 0 Å². The molecule has 2 nitrogen and oxygen atoms in total. The molecule has 1 aliphatic rings. The molecule has 118 valence electrons. The Morgan fingerprint density at radius 2 is 1.90 bits per heavy atom. The van der Waals surface area contributed by atoms with Gasteiger partial charge in [-0.3, -0.25) is 0 Å². The van der Waals surface area contributed by atoms with Gasteiger partial charge in [-0.2, -0.15) is 13.2 Å². The van der Waals surface area contributed by atoms with Gasteiger partial charge in [0.1, 0.15) is 0 Å². The van der Waals surface area contributed by atoms with E-state index < -0.39 is 17.3 Å². The molecule has 0 saturated carbocycles. The van der Waals surface area contributed by atoms with Crippen molar-refractivity contribution < 1.29 is 23.0 Å². The second kappa shape index (κ2) is 5.97. The summed E-state index contributed by atoms with van der Waals surface area (Å²) in [5.41, 5.74) is -0.840. The highest BCUT2D eigenvalue weighted by Gasteiger charge is 2.36. The summed E-state index contributed by atoms with van der Waals surface area (Å²) in [6.45, 7) is 4.56. The second-order valence-corrected chi connectivity index (χ2v) is 6.20. The second-order valence-electron chi connectivity index (χ2n) is 6.20. The van der Waals surface area contributed by atoms with E-state index in [9.17, 15) is 18.3 Å². The number of hydrogen-bond acceptors (Lipinski definition) is 2. The average Bonchev–Trinajstić information content (AvgIpc) is 2.37. The highest BCUT2D eigenvalue weighted by molar-refractivity contribution is 5.25. The zero-order chi connectivity index (χ0) is 15.7. The van der Waals surface area contributed by atoms with E-state index in [2.05, 4.69) is 0 Å². The Labute approximate surface area is 122 Å². The molecule has 0 bridgehead atoms. The van der Waals surface area contributed by atoms with E-state index in [-0.39, 0.29) is 6.10 Å². The third-order valence-electron chi connectivity index (χ3n) is 4.04. The Morgan fingerprint density at radius 1 is 1.29 bits per heavy atom. The fourth-order valence-electron chi connectivity index (χ4n) is 2.72. The molecule has 1 aromatic carbocycles. The lowest BCUT2D eigenvalue weighted by Crippen LogP contribution is -2.44. The summed E-state index contributed by atoms with van der Waals surface area (Å²) in [6.07, 6.45) is -2.93. The summed E-state index contributed by atoms with van der Waals surface area (Å²) in [5.74, 6) is 0.310. The standard InChI is InChI=1S/C16H21F3O2/c1-11(2)14-10-15(20,7-8-21-14)9-12-3-5-13(6-4-12)16(17,18)19/h3-6,11,14,20H,7-10H2,1-2H3. The van der Waals surface area contributed by atoms with E-state index in [1.165, 1.54) is 12.1 Å². The Hall–Kier alpha value is -1.07. The average molecular weight is 302 g/mol. The zero-order valence-corrected chi connectivity index (χ0v) is 12.3. The fraction of sp³-hybridized carbons (Fsp3) is 0.625. The highest BCUT2D eigenvalue weighted by Crippen LogP contribution is 2.33. The molecular formula is C16H21F3O2. The van der Waals surface area contributed by atoms with Crippen molar-refractivity contribution in [3.8, 4) is 0 Å². The molecule has 1 saturated heterocycles. The van der Waals surface area contributed by atoms with E-state index >= 15 is 0 Å². The summed E-state index contributed by atoms with van der Waals surface area (Å²) in [6, 6.07) is 5.02. The maximum Gasteiger partial charge on any atom is 0.416 e. The van der Waals surface area contributed by atoms with Crippen LogP contribution in [0.15, 0.2) is 24.3 Å². The summed E-state index contributed by atoms with van der Waals surface area (Å²) >= 11 is 0. The molecule has 1 fully saturated rings. The van der Waals surface area contributed by atoms with Crippen LogP contribution in [0.3, 0.4) is 0 Å². The lowest BCUT2D eigenvalue weighted by atomic mass is 9.82. The van der Waals surface area contributed by atoms with Gasteiger partial charge in [0, 0.05) is 19.4 Å². The van der Waals surface area contributed by atoms with Crippen molar-refractivity contribution in [3.63, 3.8) is 0 Å². The fourth-order valence-corrected chi connectivity index (χ4v) is 2.72. The van der Waals surface area contributed by atoms with Crippen LogP contribution in [0.4, 0.5) is 13.2 Å². The van der Waals surface area contributed by atoms with Gasteiger partial charge in [0.2, 0.25) is 0 Å². The van der Waals surface area contributed by atoms with Crippen LogP contribution in [0.2, 0.25) is 0 Å². The normalized spacial score (nSPS) is 27.1. The van der Waals surface area contributed by atoms with Crippen molar-refractivity contribution in [2.24, 2.45) is 5.92 Å². The summed E-state index contributed by atoms with van der Waals surface area (Å²) in [7, 11) is 0. The molecule has 0 amide bonds. The first-order valence-corrected chi connectivity index (χ1v) is 7.20. The van der Waals surface area contributed by atoms with E-state index in [0.717, 1.165) is 17.7 Å². The number of alkyl halides is 3. The molecule has 2 atom stereocenters. The largest absolute Gasteiger partial charge is 0.416 e. The van der Waals surface area contributed by atoms with E-state index in [1.54, 1.807) is 0 Å². The summed E-state index contributed by atoms with van der Waals surface area (Å²) < 4.78 is 43.2. The maximum absolute atomic E-state index is 12.5. The van der Waals surface area contributed by atoms with Crippen molar-refractivity contribution in [2.45, 2.75) is 51.0 Å². The Bertz CT molecular complexity index is 467. The molecule has 0 spiro atoms. The third-order valence-corrected chi connectivity index (χ3v) is 4.04. The first-order chi connectivity index (χ1) is 9.70. The molecule has 1 aromatic rings. The van der Waals surface area contributed by atoms with Crippen molar-refractivity contribution in [3.05, 3.63) is 35.4 Å². The molecular weight excluding hydrogens is 281 g/mol. The van der Waals surface area contributed by atoms with Crippen LogP contribution in [0, 0.1) is 5.92 Å². The third kappa shape index (κ3) is 4.20. The summed E-state index contributed by atoms with van der Waals surface area (Å²) in [4.78, 5) is 0. The molecule has 1 heterocycles. The Balaban J connectivity index is 2.06. The predicted molar refractivity (Wildman–Crippen MR) is 73.9 cm³/mol. The molecule has 21 heavy (non-hydrogen) atoms. The molecule has 0 aromatic heterocycles. The van der Waals surface area contributed by atoms with Crippen molar-refractivity contribution in [2.75, 3.05) is 6.61 Å². The molecule has 2 unspecified atom stereocenters. The zero-order valence-electron chi connectivity index (χ0n) is 12.3. The van der Waals surface area contributed by atoms with Gasteiger partial charge in [-0.15, -0.1) is 0 Å². The molecule has 0 aliphatic carbocycles. The lowest BCUT2D eigenvalue weighted by Gasteiger charge is -2.38. The van der Waals surface area contributed by atoms with Gasteiger partial charge in [-0.05, 0) is 30.0 Å². The van der Waals surface area contributed by atoms with E-state index in [0.29, 0.717) is 31.8 Å². The van der Waals surface area contributed by atoms with Crippen molar-refractivity contribution in [1.82, 2.24) is 0 Å². The first-order valence-electron chi connectivity index (χ1n) is 7.20. The number of hydrogen-bond donors (Lipinski definition) is 1. The topological polar surface area (TPSA) is 29.5 Å².